The number of carbonyl (C=O) groups is 1. The minimum Gasteiger partial charge on any atom is -0.496 e. The summed E-state index contributed by atoms with van der Waals surface area (Å²) in [5.41, 5.74) is 1.67. The average Bonchev–Trinajstić information content (AvgIpc) is 2.55. The third-order valence-corrected chi connectivity index (χ3v) is 4.02. The number of nitrogens with zero attached hydrogens (tertiary/aromatic N) is 1. The van der Waals surface area contributed by atoms with E-state index in [-0.39, 0.29) is 11.9 Å². The smallest absolute Gasteiger partial charge is 0.251 e. The number of rotatable bonds is 6. The van der Waals surface area contributed by atoms with Crippen molar-refractivity contribution < 1.29 is 9.53 Å². The van der Waals surface area contributed by atoms with Gasteiger partial charge in [-0.3, -0.25) is 9.78 Å². The number of nitrogens with one attached hydrogen (secondary N) is 1. The predicted molar refractivity (Wildman–Crippen MR) is 90.0 cm³/mol. The summed E-state index contributed by atoms with van der Waals surface area (Å²) in [5, 5.41) is 3.09. The molecule has 1 aromatic heterocycles. The molecule has 116 valence electrons. The first-order valence-corrected chi connectivity index (χ1v) is 7.99. The summed E-state index contributed by atoms with van der Waals surface area (Å²) in [4.78, 5) is 16.3. The van der Waals surface area contributed by atoms with Crippen molar-refractivity contribution in [1.82, 2.24) is 10.3 Å². The topological polar surface area (TPSA) is 51.2 Å². The first-order valence-electron chi connectivity index (χ1n) is 7.20. The molecule has 0 aliphatic carbocycles. The molecular formula is C17H19BrN2O2. The van der Waals surface area contributed by atoms with Gasteiger partial charge in [-0.2, -0.15) is 0 Å². The lowest BCUT2D eigenvalue weighted by Crippen LogP contribution is -2.28. The third-order valence-electron chi connectivity index (χ3n) is 3.40. The van der Waals surface area contributed by atoms with Crippen molar-refractivity contribution in [2.75, 3.05) is 7.11 Å². The molecule has 0 bridgehead atoms. The summed E-state index contributed by atoms with van der Waals surface area (Å²) in [6, 6.07) is 9.27. The molecule has 0 aliphatic heterocycles. The number of pyridine rings is 1. The molecule has 4 nitrogen and oxygen atoms in total. The van der Waals surface area contributed by atoms with Crippen LogP contribution in [-0.2, 0) is 0 Å². The minimum atomic E-state index is -0.0900. The number of benzene rings is 1. The van der Waals surface area contributed by atoms with Gasteiger partial charge >= 0.3 is 0 Å². The molecular weight excluding hydrogens is 344 g/mol. The second-order valence-corrected chi connectivity index (χ2v) is 5.80. The molecule has 0 spiro atoms. The molecule has 0 fully saturated rings. The van der Waals surface area contributed by atoms with Crippen molar-refractivity contribution in [3.05, 3.63) is 58.3 Å². The van der Waals surface area contributed by atoms with E-state index in [0.29, 0.717) is 5.56 Å². The molecule has 2 aromatic rings. The SMILES string of the molecule is CCC[C@H](NC(=O)c1ccncc1)c1ccc(OC)c(Br)c1. The van der Waals surface area contributed by atoms with Crippen LogP contribution in [0.2, 0.25) is 0 Å². The van der Waals surface area contributed by atoms with Gasteiger partial charge in [-0.15, -0.1) is 0 Å². The molecule has 1 atom stereocenters. The Balaban J connectivity index is 2.19. The number of hydrogen-bond acceptors (Lipinski definition) is 3. The zero-order valence-corrected chi connectivity index (χ0v) is 14.3. The fourth-order valence-electron chi connectivity index (χ4n) is 2.26. The average molecular weight is 363 g/mol. The fraction of sp³-hybridized carbons (Fsp3) is 0.294. The van der Waals surface area contributed by atoms with Gasteiger partial charge in [-0.25, -0.2) is 0 Å². The lowest BCUT2D eigenvalue weighted by atomic mass is 10.0. The van der Waals surface area contributed by atoms with Crippen molar-refractivity contribution in [3.8, 4) is 5.75 Å². The summed E-state index contributed by atoms with van der Waals surface area (Å²) >= 11 is 3.49. The number of ether oxygens (including phenoxy) is 1. The Bertz CT molecular complexity index is 632. The van der Waals surface area contributed by atoms with E-state index in [4.69, 9.17) is 4.74 Å². The highest BCUT2D eigenvalue weighted by Gasteiger charge is 2.16. The molecule has 5 heteroatoms. The van der Waals surface area contributed by atoms with Gasteiger partial charge in [0.15, 0.2) is 0 Å². The molecule has 1 heterocycles. The van der Waals surface area contributed by atoms with E-state index in [2.05, 4.69) is 33.2 Å². The monoisotopic (exact) mass is 362 g/mol. The Kier molecular flexibility index (Phi) is 5.95. The molecule has 1 amide bonds. The van der Waals surface area contributed by atoms with E-state index in [1.165, 1.54) is 0 Å². The van der Waals surface area contributed by atoms with Gasteiger partial charge in [-0.05, 0) is 52.2 Å². The van der Waals surface area contributed by atoms with Crippen molar-refractivity contribution in [3.63, 3.8) is 0 Å². The van der Waals surface area contributed by atoms with Crippen molar-refractivity contribution in [2.24, 2.45) is 0 Å². The van der Waals surface area contributed by atoms with Gasteiger partial charge in [0.05, 0.1) is 17.6 Å². The molecule has 0 saturated heterocycles. The van der Waals surface area contributed by atoms with E-state index in [0.717, 1.165) is 28.6 Å². The molecule has 1 N–H and O–H groups in total. The van der Waals surface area contributed by atoms with E-state index in [1.807, 2.05) is 18.2 Å². The summed E-state index contributed by atoms with van der Waals surface area (Å²) < 4.78 is 6.13. The summed E-state index contributed by atoms with van der Waals surface area (Å²) in [6.45, 7) is 2.10. The van der Waals surface area contributed by atoms with Crippen LogP contribution in [0.3, 0.4) is 0 Å². The highest BCUT2D eigenvalue weighted by Crippen LogP contribution is 2.29. The summed E-state index contributed by atoms with van der Waals surface area (Å²) in [6.07, 6.45) is 5.09. The number of aromatic nitrogens is 1. The van der Waals surface area contributed by atoms with Crippen LogP contribution >= 0.6 is 15.9 Å². The molecule has 22 heavy (non-hydrogen) atoms. The highest BCUT2D eigenvalue weighted by molar-refractivity contribution is 9.10. The number of methoxy groups -OCH3 is 1. The summed E-state index contributed by atoms with van der Waals surface area (Å²) in [7, 11) is 1.63. The van der Waals surface area contributed by atoms with Crippen molar-refractivity contribution in [1.29, 1.82) is 0 Å². The van der Waals surface area contributed by atoms with Crippen LogP contribution in [0.4, 0.5) is 0 Å². The Morgan fingerprint density at radius 3 is 2.64 bits per heavy atom. The van der Waals surface area contributed by atoms with Gasteiger partial charge in [0.1, 0.15) is 5.75 Å². The first-order chi connectivity index (χ1) is 10.7. The molecule has 2 rings (SSSR count). The van der Waals surface area contributed by atoms with Crippen LogP contribution in [0.5, 0.6) is 5.75 Å². The molecule has 0 aliphatic rings. The fourth-order valence-corrected chi connectivity index (χ4v) is 2.81. The van der Waals surface area contributed by atoms with Crippen LogP contribution < -0.4 is 10.1 Å². The normalized spacial score (nSPS) is 11.8. The minimum absolute atomic E-state index is 0.0344. The lowest BCUT2D eigenvalue weighted by Gasteiger charge is -2.19. The molecule has 0 radical (unpaired) electrons. The second kappa shape index (κ2) is 7.94. The number of carbonyl (C=O) groups excluding carboxylic acids is 1. The highest BCUT2D eigenvalue weighted by atomic mass is 79.9. The molecule has 0 unspecified atom stereocenters. The Morgan fingerprint density at radius 1 is 1.32 bits per heavy atom. The van der Waals surface area contributed by atoms with Crippen molar-refractivity contribution >= 4 is 21.8 Å². The molecule has 0 saturated carbocycles. The van der Waals surface area contributed by atoms with Crippen LogP contribution in [0.25, 0.3) is 0 Å². The van der Waals surface area contributed by atoms with Gasteiger partial charge in [0.25, 0.3) is 5.91 Å². The largest absolute Gasteiger partial charge is 0.496 e. The second-order valence-electron chi connectivity index (χ2n) is 4.94. The van der Waals surface area contributed by atoms with E-state index >= 15 is 0 Å². The maximum atomic E-state index is 12.3. The third kappa shape index (κ3) is 4.07. The first kappa shape index (κ1) is 16.5. The van der Waals surface area contributed by atoms with Crippen molar-refractivity contribution in [2.45, 2.75) is 25.8 Å². The Morgan fingerprint density at radius 2 is 2.05 bits per heavy atom. The standard InChI is InChI=1S/C17H19BrN2O2/c1-3-4-15(13-5-6-16(22-2)14(18)11-13)20-17(21)12-7-9-19-10-8-12/h5-11,15H,3-4H2,1-2H3,(H,20,21)/t15-/m0/s1. The van der Waals surface area contributed by atoms with Gasteiger partial charge in [0, 0.05) is 18.0 Å². The predicted octanol–water partition coefficient (Wildman–Crippen LogP) is 4.12. The number of halogens is 1. The van der Waals surface area contributed by atoms with Crippen LogP contribution in [0.1, 0.15) is 41.7 Å². The van der Waals surface area contributed by atoms with E-state index in [9.17, 15) is 4.79 Å². The van der Waals surface area contributed by atoms with Crippen LogP contribution in [0.15, 0.2) is 47.2 Å². The van der Waals surface area contributed by atoms with Gasteiger partial charge in [-0.1, -0.05) is 19.4 Å². The van der Waals surface area contributed by atoms with Crippen LogP contribution in [-0.4, -0.2) is 18.0 Å². The zero-order chi connectivity index (χ0) is 15.9. The molecule has 1 aromatic carbocycles. The Labute approximate surface area is 139 Å². The van der Waals surface area contributed by atoms with E-state index in [1.54, 1.807) is 31.6 Å². The maximum absolute atomic E-state index is 12.3. The quantitative estimate of drug-likeness (QED) is 0.840. The summed E-state index contributed by atoms with van der Waals surface area (Å²) in [5.74, 6) is 0.687. The lowest BCUT2D eigenvalue weighted by molar-refractivity contribution is 0.0934. The maximum Gasteiger partial charge on any atom is 0.251 e. The Hall–Kier alpha value is -1.88. The van der Waals surface area contributed by atoms with Crippen LogP contribution in [0, 0.1) is 0 Å². The number of hydrogen-bond donors (Lipinski definition) is 1. The number of amides is 1. The van der Waals surface area contributed by atoms with Gasteiger partial charge < -0.3 is 10.1 Å². The van der Waals surface area contributed by atoms with Gasteiger partial charge in [0.2, 0.25) is 0 Å². The zero-order valence-electron chi connectivity index (χ0n) is 12.7. The van der Waals surface area contributed by atoms with E-state index < -0.39 is 0 Å².